The zero-order chi connectivity index (χ0) is 21.4. The van der Waals surface area contributed by atoms with Gasteiger partial charge in [0.15, 0.2) is 5.65 Å². The summed E-state index contributed by atoms with van der Waals surface area (Å²) >= 11 is 6.49. The van der Waals surface area contributed by atoms with Crippen molar-refractivity contribution in [2.24, 2.45) is 5.92 Å². The van der Waals surface area contributed by atoms with Gasteiger partial charge in [0.2, 0.25) is 5.91 Å². The monoisotopic (exact) mass is 433 g/mol. The average molecular weight is 434 g/mol. The number of anilines is 1. The second-order valence-corrected chi connectivity index (χ2v) is 8.43. The highest BCUT2D eigenvalue weighted by Gasteiger charge is 2.27. The number of nitrogens with zero attached hydrogens (tertiary/aromatic N) is 4. The quantitative estimate of drug-likeness (QED) is 0.519. The Balaban J connectivity index is 1.34. The molecule has 1 N–H and O–H groups in total. The summed E-state index contributed by atoms with van der Waals surface area (Å²) in [6.45, 7) is 4.02. The van der Waals surface area contributed by atoms with Gasteiger partial charge in [0.05, 0.1) is 11.2 Å². The maximum atomic E-state index is 12.7. The molecular weight excluding hydrogens is 410 g/mol. The Morgan fingerprint density at radius 2 is 1.81 bits per heavy atom. The minimum atomic E-state index is 0.0238. The molecule has 0 spiro atoms. The summed E-state index contributed by atoms with van der Waals surface area (Å²) in [5, 5.41) is 9.27. The average Bonchev–Trinajstić information content (AvgIpc) is 3.11. The summed E-state index contributed by atoms with van der Waals surface area (Å²) in [6, 6.07) is 18.1. The van der Waals surface area contributed by atoms with E-state index in [4.69, 9.17) is 16.6 Å². The normalized spacial score (nSPS) is 15.0. The lowest BCUT2D eigenvalue weighted by Crippen LogP contribution is -2.40. The molecule has 1 aliphatic heterocycles. The highest BCUT2D eigenvalue weighted by molar-refractivity contribution is 6.34. The van der Waals surface area contributed by atoms with E-state index in [1.54, 1.807) is 0 Å². The Bertz CT molecular complexity index is 1250. The molecule has 158 valence electrons. The SMILES string of the molecule is Cc1nn2c(nc(N3CCC(C(=O)NCc4ccccc4)CC3)c3ccccc32)c1Cl. The summed E-state index contributed by atoms with van der Waals surface area (Å²) in [6.07, 6.45) is 1.60. The van der Waals surface area contributed by atoms with Crippen molar-refractivity contribution in [3.8, 4) is 0 Å². The van der Waals surface area contributed by atoms with Crippen LogP contribution in [0.3, 0.4) is 0 Å². The third-order valence-electron chi connectivity index (χ3n) is 6.02. The maximum Gasteiger partial charge on any atom is 0.223 e. The van der Waals surface area contributed by atoms with Gasteiger partial charge in [-0.15, -0.1) is 0 Å². The van der Waals surface area contributed by atoms with Gasteiger partial charge >= 0.3 is 0 Å². The summed E-state index contributed by atoms with van der Waals surface area (Å²) in [5.41, 5.74) is 3.55. The Morgan fingerprint density at radius 3 is 2.58 bits per heavy atom. The fourth-order valence-corrected chi connectivity index (χ4v) is 4.45. The van der Waals surface area contributed by atoms with E-state index < -0.39 is 0 Å². The Morgan fingerprint density at radius 1 is 1.10 bits per heavy atom. The van der Waals surface area contributed by atoms with Crippen LogP contribution >= 0.6 is 11.6 Å². The van der Waals surface area contributed by atoms with Crippen LogP contribution in [-0.2, 0) is 11.3 Å². The van der Waals surface area contributed by atoms with E-state index in [1.165, 1.54) is 0 Å². The maximum absolute atomic E-state index is 12.7. The Hall–Kier alpha value is -3.12. The molecule has 1 aliphatic rings. The minimum absolute atomic E-state index is 0.0238. The number of nitrogens with one attached hydrogen (secondary N) is 1. The summed E-state index contributed by atoms with van der Waals surface area (Å²) < 4.78 is 1.82. The van der Waals surface area contributed by atoms with Crippen molar-refractivity contribution in [3.63, 3.8) is 0 Å². The number of piperidine rings is 1. The van der Waals surface area contributed by atoms with Crippen molar-refractivity contribution in [3.05, 3.63) is 70.9 Å². The fraction of sp³-hybridized carbons (Fsp3) is 0.292. The van der Waals surface area contributed by atoms with Gasteiger partial charge in [-0.1, -0.05) is 54.1 Å². The number of carbonyl (C=O) groups is 1. The number of rotatable bonds is 4. The lowest BCUT2D eigenvalue weighted by molar-refractivity contribution is -0.125. The second kappa shape index (κ2) is 8.19. The zero-order valence-corrected chi connectivity index (χ0v) is 18.1. The third kappa shape index (κ3) is 3.72. The summed E-state index contributed by atoms with van der Waals surface area (Å²) in [7, 11) is 0. The first-order valence-electron chi connectivity index (χ1n) is 10.6. The molecule has 0 unspecified atom stereocenters. The predicted molar refractivity (Wildman–Crippen MR) is 123 cm³/mol. The van der Waals surface area contributed by atoms with E-state index in [2.05, 4.69) is 21.4 Å². The molecule has 1 fully saturated rings. The molecule has 0 aliphatic carbocycles. The molecule has 0 radical (unpaired) electrons. The van der Waals surface area contributed by atoms with Gasteiger partial charge in [-0.25, -0.2) is 9.50 Å². The van der Waals surface area contributed by atoms with Crippen molar-refractivity contribution in [2.45, 2.75) is 26.3 Å². The number of fused-ring (bicyclic) bond motifs is 3. The molecule has 1 amide bonds. The van der Waals surface area contributed by atoms with Gasteiger partial charge in [0, 0.05) is 30.9 Å². The van der Waals surface area contributed by atoms with E-state index >= 15 is 0 Å². The van der Waals surface area contributed by atoms with Gasteiger partial charge in [0.1, 0.15) is 10.8 Å². The zero-order valence-electron chi connectivity index (χ0n) is 17.4. The number of amides is 1. The van der Waals surface area contributed by atoms with Crippen LogP contribution in [0.4, 0.5) is 5.82 Å². The molecule has 2 aromatic carbocycles. The molecular formula is C24H24ClN5O. The van der Waals surface area contributed by atoms with E-state index in [1.807, 2.05) is 60.0 Å². The van der Waals surface area contributed by atoms with E-state index in [0.29, 0.717) is 17.2 Å². The number of hydrogen-bond donors (Lipinski definition) is 1. The lowest BCUT2D eigenvalue weighted by atomic mass is 9.95. The van der Waals surface area contributed by atoms with Gasteiger partial charge in [-0.05, 0) is 37.5 Å². The van der Waals surface area contributed by atoms with Crippen LogP contribution < -0.4 is 10.2 Å². The van der Waals surface area contributed by atoms with Crippen molar-refractivity contribution in [1.82, 2.24) is 19.9 Å². The van der Waals surface area contributed by atoms with Crippen molar-refractivity contribution >= 4 is 39.9 Å². The molecule has 4 aromatic rings. The smallest absolute Gasteiger partial charge is 0.223 e. The van der Waals surface area contributed by atoms with Crippen LogP contribution in [0, 0.1) is 12.8 Å². The van der Waals surface area contributed by atoms with Crippen molar-refractivity contribution in [1.29, 1.82) is 0 Å². The number of hydrogen-bond acceptors (Lipinski definition) is 4. The predicted octanol–water partition coefficient (Wildman–Crippen LogP) is 4.38. The largest absolute Gasteiger partial charge is 0.356 e. The lowest BCUT2D eigenvalue weighted by Gasteiger charge is -2.33. The molecule has 7 heteroatoms. The first-order valence-corrected chi connectivity index (χ1v) is 11.0. The minimum Gasteiger partial charge on any atom is -0.356 e. The highest BCUT2D eigenvalue weighted by atomic mass is 35.5. The first kappa shape index (κ1) is 19.8. The second-order valence-electron chi connectivity index (χ2n) is 8.05. The van der Waals surface area contributed by atoms with Crippen molar-refractivity contribution < 1.29 is 4.79 Å². The van der Waals surface area contributed by atoms with Gasteiger partial charge in [0.25, 0.3) is 0 Å². The molecule has 0 atom stereocenters. The topological polar surface area (TPSA) is 62.5 Å². The Labute approximate surface area is 185 Å². The first-order chi connectivity index (χ1) is 15.1. The van der Waals surface area contributed by atoms with Gasteiger partial charge in [-0.3, -0.25) is 4.79 Å². The molecule has 2 aromatic heterocycles. The molecule has 0 bridgehead atoms. The Kier molecular flexibility index (Phi) is 5.24. The summed E-state index contributed by atoms with van der Waals surface area (Å²) in [4.78, 5) is 19.8. The van der Waals surface area contributed by atoms with Crippen LogP contribution in [0.25, 0.3) is 16.6 Å². The number of aromatic nitrogens is 3. The number of halogens is 1. The number of para-hydroxylation sites is 1. The van der Waals surface area contributed by atoms with E-state index in [-0.39, 0.29) is 11.8 Å². The molecule has 3 heterocycles. The van der Waals surface area contributed by atoms with E-state index in [9.17, 15) is 4.79 Å². The van der Waals surface area contributed by atoms with Crippen LogP contribution in [0.5, 0.6) is 0 Å². The molecule has 31 heavy (non-hydrogen) atoms. The van der Waals surface area contributed by atoms with Crippen molar-refractivity contribution in [2.75, 3.05) is 18.0 Å². The van der Waals surface area contributed by atoms with Gasteiger partial charge in [-0.2, -0.15) is 5.10 Å². The molecule has 6 nitrogen and oxygen atoms in total. The molecule has 5 rings (SSSR count). The molecule has 1 saturated heterocycles. The molecule has 0 saturated carbocycles. The van der Waals surface area contributed by atoms with Crippen LogP contribution in [0.15, 0.2) is 54.6 Å². The fourth-order valence-electron chi connectivity index (χ4n) is 4.29. The number of benzene rings is 2. The summed E-state index contributed by atoms with van der Waals surface area (Å²) in [5.74, 6) is 1.06. The standard InChI is InChI=1S/C24H24ClN5O/c1-16-21(25)23-27-22(19-9-5-6-10-20(19)30(23)28-16)29-13-11-18(12-14-29)24(31)26-15-17-7-3-2-4-8-17/h2-10,18H,11-15H2,1H3,(H,26,31). The van der Waals surface area contributed by atoms with E-state index in [0.717, 1.165) is 53.9 Å². The van der Waals surface area contributed by atoms with Crippen LogP contribution in [0.2, 0.25) is 5.02 Å². The van der Waals surface area contributed by atoms with Gasteiger partial charge < -0.3 is 10.2 Å². The highest BCUT2D eigenvalue weighted by Crippen LogP contribution is 2.32. The third-order valence-corrected chi connectivity index (χ3v) is 6.47. The number of carbonyl (C=O) groups excluding carboxylic acids is 1. The number of aryl methyl sites for hydroxylation is 1. The van der Waals surface area contributed by atoms with Crippen LogP contribution in [0.1, 0.15) is 24.1 Å². The van der Waals surface area contributed by atoms with Crippen LogP contribution in [-0.4, -0.2) is 33.6 Å².